The minimum atomic E-state index is 1.10. The summed E-state index contributed by atoms with van der Waals surface area (Å²) in [4.78, 5) is 0. The summed E-state index contributed by atoms with van der Waals surface area (Å²) in [6, 6.07) is 30.5. The van der Waals surface area contributed by atoms with Gasteiger partial charge in [-0.25, -0.2) is 0 Å². The third kappa shape index (κ3) is 2.49. The first-order valence-corrected chi connectivity index (χ1v) is 9.86. The van der Waals surface area contributed by atoms with Crippen molar-refractivity contribution < 1.29 is 0 Å². The molecule has 26 heavy (non-hydrogen) atoms. The van der Waals surface area contributed by atoms with Crippen molar-refractivity contribution >= 4 is 63.7 Å². The summed E-state index contributed by atoms with van der Waals surface area (Å²) in [5.74, 6) is 0. The number of rotatable bonds is 1. The van der Waals surface area contributed by atoms with Crippen molar-refractivity contribution in [2.75, 3.05) is 0 Å². The Kier molecular flexibility index (Phi) is 3.70. The van der Waals surface area contributed by atoms with Crippen LogP contribution >= 0.6 is 15.9 Å². The quantitative estimate of drug-likeness (QED) is 0.171. The fourth-order valence-electron chi connectivity index (χ4n) is 3.75. The summed E-state index contributed by atoms with van der Waals surface area (Å²) in [6.45, 7) is 0. The van der Waals surface area contributed by atoms with Gasteiger partial charge in [-0.15, -0.1) is 0 Å². The van der Waals surface area contributed by atoms with E-state index in [0.29, 0.717) is 0 Å². The number of benzene rings is 5. The standard InChI is InChI=1S/C24H14BrSi/c25-19-8-5-15(6-9-19)20-11-12-23(26)24-21(20)10-7-18-13-16-3-1-2-4-17(16)14-22(18)24/h1-14H. The zero-order valence-electron chi connectivity index (χ0n) is 14.0. The molecule has 2 heteroatoms. The molecule has 0 aliphatic heterocycles. The van der Waals surface area contributed by atoms with Crippen molar-refractivity contribution in [2.24, 2.45) is 0 Å². The molecule has 0 aliphatic carbocycles. The van der Waals surface area contributed by atoms with Crippen LogP contribution in [0.25, 0.3) is 43.4 Å². The first-order valence-electron chi connectivity index (χ1n) is 8.56. The van der Waals surface area contributed by atoms with Crippen LogP contribution in [-0.4, -0.2) is 10.2 Å². The molecule has 0 heterocycles. The maximum absolute atomic E-state index is 3.85. The lowest BCUT2D eigenvalue weighted by molar-refractivity contribution is 1.63. The van der Waals surface area contributed by atoms with Crippen molar-refractivity contribution in [1.29, 1.82) is 0 Å². The van der Waals surface area contributed by atoms with Gasteiger partial charge in [-0.05, 0) is 67.7 Å². The Balaban J connectivity index is 1.90. The van der Waals surface area contributed by atoms with Crippen LogP contribution in [-0.2, 0) is 0 Å². The summed E-state index contributed by atoms with van der Waals surface area (Å²) in [5.41, 5.74) is 2.48. The van der Waals surface area contributed by atoms with Gasteiger partial charge in [0.05, 0.1) is 10.2 Å². The van der Waals surface area contributed by atoms with Gasteiger partial charge in [0.15, 0.2) is 0 Å². The molecule has 0 aliphatic rings. The van der Waals surface area contributed by atoms with Gasteiger partial charge in [0.25, 0.3) is 0 Å². The van der Waals surface area contributed by atoms with Gasteiger partial charge in [-0.3, -0.25) is 0 Å². The van der Waals surface area contributed by atoms with E-state index in [1.807, 2.05) is 0 Å². The number of fused-ring (bicyclic) bond motifs is 4. The lowest BCUT2D eigenvalue weighted by Crippen LogP contribution is -2.04. The third-order valence-corrected chi connectivity index (χ3v) is 5.96. The van der Waals surface area contributed by atoms with Crippen molar-refractivity contribution in [3.05, 3.63) is 89.4 Å². The van der Waals surface area contributed by atoms with Gasteiger partial charge in [0, 0.05) is 4.47 Å². The SMILES string of the molecule is [Si]c1ccc(-c2ccc(Br)cc2)c2ccc3cc4ccccc4cc3c12. The second-order valence-corrected chi connectivity index (χ2v) is 8.03. The highest BCUT2D eigenvalue weighted by molar-refractivity contribution is 9.10. The van der Waals surface area contributed by atoms with Gasteiger partial charge < -0.3 is 0 Å². The summed E-state index contributed by atoms with van der Waals surface area (Å²) >= 11 is 3.53. The van der Waals surface area contributed by atoms with Crippen LogP contribution in [0.3, 0.4) is 0 Å². The fourth-order valence-corrected chi connectivity index (χ4v) is 4.37. The van der Waals surface area contributed by atoms with Crippen molar-refractivity contribution in [3.8, 4) is 11.1 Å². The Morgan fingerprint density at radius 3 is 2.12 bits per heavy atom. The Labute approximate surface area is 164 Å². The lowest BCUT2D eigenvalue weighted by atomic mass is 9.93. The van der Waals surface area contributed by atoms with Gasteiger partial charge >= 0.3 is 0 Å². The highest BCUT2D eigenvalue weighted by atomic mass is 79.9. The van der Waals surface area contributed by atoms with Crippen molar-refractivity contribution in [3.63, 3.8) is 0 Å². The molecule has 121 valence electrons. The summed E-state index contributed by atoms with van der Waals surface area (Å²) < 4.78 is 1.10. The van der Waals surface area contributed by atoms with E-state index in [-0.39, 0.29) is 0 Å². The third-order valence-electron chi connectivity index (χ3n) is 5.02. The molecule has 0 unspecified atom stereocenters. The van der Waals surface area contributed by atoms with E-state index in [1.165, 1.54) is 43.4 Å². The first-order chi connectivity index (χ1) is 12.7. The van der Waals surface area contributed by atoms with Gasteiger partial charge in [-0.2, -0.15) is 0 Å². The molecule has 0 aromatic heterocycles. The molecule has 3 radical (unpaired) electrons. The lowest BCUT2D eigenvalue weighted by Gasteiger charge is -2.13. The van der Waals surface area contributed by atoms with Crippen LogP contribution in [0.2, 0.25) is 0 Å². The average Bonchev–Trinajstić information content (AvgIpc) is 2.67. The molecule has 0 N–H and O–H groups in total. The molecular formula is C24H14BrSi. The van der Waals surface area contributed by atoms with Crippen LogP contribution in [0.5, 0.6) is 0 Å². The van der Waals surface area contributed by atoms with Crippen molar-refractivity contribution in [2.45, 2.75) is 0 Å². The van der Waals surface area contributed by atoms with Crippen LogP contribution in [0.15, 0.2) is 89.4 Å². The molecule has 0 atom stereocenters. The maximum Gasteiger partial charge on any atom is 0.0720 e. The van der Waals surface area contributed by atoms with Crippen molar-refractivity contribution in [1.82, 2.24) is 0 Å². The van der Waals surface area contributed by atoms with Crippen LogP contribution < -0.4 is 5.19 Å². The molecule has 0 saturated heterocycles. The minimum absolute atomic E-state index is 1.10. The Morgan fingerprint density at radius 1 is 0.615 bits per heavy atom. The maximum atomic E-state index is 3.85. The van der Waals surface area contributed by atoms with E-state index >= 15 is 0 Å². The fraction of sp³-hybridized carbons (Fsp3) is 0. The van der Waals surface area contributed by atoms with E-state index in [1.54, 1.807) is 0 Å². The molecule has 0 saturated carbocycles. The zero-order chi connectivity index (χ0) is 17.7. The van der Waals surface area contributed by atoms with E-state index in [9.17, 15) is 0 Å². The monoisotopic (exact) mass is 409 g/mol. The van der Waals surface area contributed by atoms with Gasteiger partial charge in [-0.1, -0.05) is 81.8 Å². The molecule has 0 spiro atoms. The summed E-state index contributed by atoms with van der Waals surface area (Å²) in [6.07, 6.45) is 0. The first kappa shape index (κ1) is 15.8. The molecule has 0 nitrogen and oxygen atoms in total. The van der Waals surface area contributed by atoms with Crippen LogP contribution in [0, 0.1) is 0 Å². The van der Waals surface area contributed by atoms with E-state index in [4.69, 9.17) is 0 Å². The second-order valence-electron chi connectivity index (χ2n) is 6.58. The molecule has 0 bridgehead atoms. The topological polar surface area (TPSA) is 0 Å². The number of halogens is 1. The normalized spacial score (nSPS) is 11.5. The van der Waals surface area contributed by atoms with E-state index in [0.717, 1.165) is 9.66 Å². The minimum Gasteiger partial charge on any atom is -0.0626 e. The van der Waals surface area contributed by atoms with Gasteiger partial charge in [0.2, 0.25) is 0 Å². The molecule has 5 rings (SSSR count). The van der Waals surface area contributed by atoms with Crippen LogP contribution in [0.4, 0.5) is 0 Å². The van der Waals surface area contributed by atoms with E-state index in [2.05, 4.69) is 111 Å². The van der Waals surface area contributed by atoms with Crippen LogP contribution in [0.1, 0.15) is 0 Å². The highest BCUT2D eigenvalue weighted by Gasteiger charge is 2.10. The Hall–Kier alpha value is -2.42. The second kappa shape index (κ2) is 6.08. The Bertz CT molecular complexity index is 1290. The smallest absolute Gasteiger partial charge is 0.0626 e. The summed E-state index contributed by atoms with van der Waals surface area (Å²) in [5, 5.41) is 8.76. The number of hydrogen-bond acceptors (Lipinski definition) is 0. The van der Waals surface area contributed by atoms with Gasteiger partial charge in [0.1, 0.15) is 0 Å². The molecule has 0 amide bonds. The highest BCUT2D eigenvalue weighted by Crippen LogP contribution is 2.34. The molecule has 5 aromatic carbocycles. The Morgan fingerprint density at radius 2 is 1.35 bits per heavy atom. The predicted octanol–water partition coefficient (Wildman–Crippen LogP) is 6.37. The largest absolute Gasteiger partial charge is 0.0720 e. The summed E-state index contributed by atoms with van der Waals surface area (Å²) in [7, 11) is 3.85. The number of hydrogen-bond donors (Lipinski definition) is 0. The molecular weight excluding hydrogens is 396 g/mol. The molecule has 5 aromatic rings. The molecule has 0 fully saturated rings. The average molecular weight is 410 g/mol. The van der Waals surface area contributed by atoms with E-state index < -0.39 is 0 Å². The zero-order valence-corrected chi connectivity index (χ0v) is 16.5. The predicted molar refractivity (Wildman–Crippen MR) is 117 cm³/mol.